The zero-order valence-electron chi connectivity index (χ0n) is 11.6. The minimum absolute atomic E-state index is 0.0924. The summed E-state index contributed by atoms with van der Waals surface area (Å²) in [4.78, 5) is 0. The second kappa shape index (κ2) is 7.07. The molecule has 1 aromatic carbocycles. The van der Waals surface area contributed by atoms with Crippen LogP contribution in [0.5, 0.6) is 11.5 Å². The number of hydrogen-bond donors (Lipinski definition) is 0. The van der Waals surface area contributed by atoms with Crippen LogP contribution in [-0.2, 0) is 4.74 Å². The first-order valence-corrected chi connectivity index (χ1v) is 6.28. The Morgan fingerprint density at radius 3 is 2.44 bits per heavy atom. The van der Waals surface area contributed by atoms with Gasteiger partial charge in [-0.05, 0) is 45.4 Å². The third kappa shape index (κ3) is 4.41. The third-order valence-corrected chi connectivity index (χ3v) is 2.26. The maximum absolute atomic E-state index is 5.74. The summed E-state index contributed by atoms with van der Waals surface area (Å²) in [6.07, 6.45) is 1.58. The van der Waals surface area contributed by atoms with Crippen LogP contribution in [0, 0.1) is 0 Å². The Kier molecular flexibility index (Phi) is 5.72. The first-order chi connectivity index (χ1) is 8.56. The van der Waals surface area contributed by atoms with E-state index in [1.165, 1.54) is 0 Å². The first kappa shape index (κ1) is 14.6. The fourth-order valence-electron chi connectivity index (χ4n) is 1.54. The van der Waals surface area contributed by atoms with Gasteiger partial charge in [0.15, 0.2) is 17.8 Å². The summed E-state index contributed by atoms with van der Waals surface area (Å²) in [5, 5.41) is 0. The van der Waals surface area contributed by atoms with Gasteiger partial charge in [0.2, 0.25) is 0 Å². The van der Waals surface area contributed by atoms with E-state index in [1.807, 2.05) is 45.9 Å². The fraction of sp³-hybridized carbons (Fsp3) is 0.467. The van der Waals surface area contributed by atoms with E-state index < -0.39 is 0 Å². The number of benzene rings is 1. The largest absolute Gasteiger partial charge is 0.487 e. The molecule has 0 spiro atoms. The van der Waals surface area contributed by atoms with Crippen LogP contribution in [0.15, 0.2) is 24.8 Å². The van der Waals surface area contributed by atoms with E-state index in [1.54, 1.807) is 6.08 Å². The normalized spacial score (nSPS) is 12.3. The summed E-state index contributed by atoms with van der Waals surface area (Å²) in [7, 11) is 0. The molecule has 100 valence electrons. The van der Waals surface area contributed by atoms with Crippen LogP contribution in [0.25, 0.3) is 6.08 Å². The highest BCUT2D eigenvalue weighted by Crippen LogP contribution is 2.30. The SMILES string of the molecule is C=Cc1ccc(OC(C)OCC)c(OC(C)C)c1. The van der Waals surface area contributed by atoms with Crippen LogP contribution in [0.4, 0.5) is 0 Å². The summed E-state index contributed by atoms with van der Waals surface area (Å²) in [6.45, 7) is 12.1. The van der Waals surface area contributed by atoms with Crippen molar-refractivity contribution in [3.8, 4) is 11.5 Å². The van der Waals surface area contributed by atoms with Gasteiger partial charge in [0.1, 0.15) is 0 Å². The Morgan fingerprint density at radius 2 is 1.89 bits per heavy atom. The molecule has 3 heteroatoms. The Bertz CT molecular complexity index is 385. The van der Waals surface area contributed by atoms with Crippen LogP contribution < -0.4 is 9.47 Å². The molecule has 18 heavy (non-hydrogen) atoms. The molecule has 0 N–H and O–H groups in total. The number of hydrogen-bond acceptors (Lipinski definition) is 3. The van der Waals surface area contributed by atoms with Crippen molar-refractivity contribution in [3.63, 3.8) is 0 Å². The van der Waals surface area contributed by atoms with Gasteiger partial charge in [-0.3, -0.25) is 0 Å². The minimum Gasteiger partial charge on any atom is -0.487 e. The lowest BCUT2D eigenvalue weighted by atomic mass is 10.2. The molecule has 0 aromatic heterocycles. The molecule has 1 unspecified atom stereocenters. The molecule has 0 fully saturated rings. The van der Waals surface area contributed by atoms with Crippen molar-refractivity contribution >= 4 is 6.08 Å². The molecule has 1 aromatic rings. The van der Waals surface area contributed by atoms with Gasteiger partial charge in [-0.25, -0.2) is 0 Å². The smallest absolute Gasteiger partial charge is 0.197 e. The van der Waals surface area contributed by atoms with Gasteiger partial charge in [0, 0.05) is 6.61 Å². The molecule has 0 aliphatic heterocycles. The summed E-state index contributed by atoms with van der Waals surface area (Å²) < 4.78 is 16.8. The van der Waals surface area contributed by atoms with Crippen molar-refractivity contribution in [1.82, 2.24) is 0 Å². The van der Waals surface area contributed by atoms with Gasteiger partial charge in [0.25, 0.3) is 0 Å². The summed E-state index contributed by atoms with van der Waals surface area (Å²) in [6, 6.07) is 5.74. The van der Waals surface area contributed by atoms with Gasteiger partial charge >= 0.3 is 0 Å². The molecule has 0 saturated carbocycles. The molecule has 0 aliphatic rings. The molecule has 0 aliphatic carbocycles. The Morgan fingerprint density at radius 1 is 1.17 bits per heavy atom. The number of rotatable bonds is 7. The highest BCUT2D eigenvalue weighted by molar-refractivity contribution is 5.54. The van der Waals surface area contributed by atoms with E-state index in [2.05, 4.69) is 6.58 Å². The van der Waals surface area contributed by atoms with Crippen LogP contribution in [0.1, 0.15) is 33.3 Å². The molecule has 0 saturated heterocycles. The molecule has 1 rings (SSSR count). The highest BCUT2D eigenvalue weighted by atomic mass is 16.7. The predicted molar refractivity (Wildman–Crippen MR) is 74.0 cm³/mol. The molecule has 0 amide bonds. The van der Waals surface area contributed by atoms with Crippen LogP contribution in [0.2, 0.25) is 0 Å². The molecule has 0 bridgehead atoms. The summed E-state index contributed by atoms with van der Waals surface area (Å²) >= 11 is 0. The molecular formula is C15H22O3. The summed E-state index contributed by atoms with van der Waals surface area (Å²) in [5.74, 6) is 1.41. The Balaban J connectivity index is 2.90. The van der Waals surface area contributed by atoms with Gasteiger partial charge in [-0.15, -0.1) is 0 Å². The fourth-order valence-corrected chi connectivity index (χ4v) is 1.54. The van der Waals surface area contributed by atoms with Crippen molar-refractivity contribution in [3.05, 3.63) is 30.3 Å². The van der Waals surface area contributed by atoms with Crippen LogP contribution >= 0.6 is 0 Å². The molecule has 0 heterocycles. The highest BCUT2D eigenvalue weighted by Gasteiger charge is 2.11. The standard InChI is InChI=1S/C15H22O3/c1-6-13-8-9-14(18-12(5)16-7-2)15(10-13)17-11(3)4/h6,8-12H,1,7H2,2-5H3. The molecule has 0 radical (unpaired) electrons. The zero-order chi connectivity index (χ0) is 13.5. The lowest BCUT2D eigenvalue weighted by molar-refractivity contribution is -0.0628. The van der Waals surface area contributed by atoms with Gasteiger partial charge in [-0.2, -0.15) is 0 Å². The van der Waals surface area contributed by atoms with Crippen molar-refractivity contribution in [2.45, 2.75) is 40.1 Å². The van der Waals surface area contributed by atoms with Crippen molar-refractivity contribution < 1.29 is 14.2 Å². The lowest BCUT2D eigenvalue weighted by Crippen LogP contribution is -2.17. The average molecular weight is 250 g/mol. The van der Waals surface area contributed by atoms with E-state index in [0.717, 1.165) is 5.56 Å². The molecular weight excluding hydrogens is 228 g/mol. The molecule has 3 nitrogen and oxygen atoms in total. The first-order valence-electron chi connectivity index (χ1n) is 6.28. The van der Waals surface area contributed by atoms with E-state index in [4.69, 9.17) is 14.2 Å². The molecule has 1 atom stereocenters. The Hall–Kier alpha value is -1.48. The van der Waals surface area contributed by atoms with Crippen molar-refractivity contribution in [1.29, 1.82) is 0 Å². The van der Waals surface area contributed by atoms with Crippen LogP contribution in [0.3, 0.4) is 0 Å². The maximum atomic E-state index is 5.74. The maximum Gasteiger partial charge on any atom is 0.197 e. The Labute approximate surface area is 109 Å². The van der Waals surface area contributed by atoms with Crippen molar-refractivity contribution in [2.24, 2.45) is 0 Å². The topological polar surface area (TPSA) is 27.7 Å². The average Bonchev–Trinajstić information content (AvgIpc) is 2.31. The monoisotopic (exact) mass is 250 g/mol. The zero-order valence-corrected chi connectivity index (χ0v) is 11.6. The van der Waals surface area contributed by atoms with Gasteiger partial charge in [0.05, 0.1) is 6.10 Å². The second-order valence-electron chi connectivity index (χ2n) is 4.22. The van der Waals surface area contributed by atoms with E-state index in [-0.39, 0.29) is 12.4 Å². The second-order valence-corrected chi connectivity index (χ2v) is 4.22. The van der Waals surface area contributed by atoms with E-state index >= 15 is 0 Å². The third-order valence-electron chi connectivity index (χ3n) is 2.26. The summed E-state index contributed by atoms with van der Waals surface area (Å²) in [5.41, 5.74) is 1.00. The quantitative estimate of drug-likeness (QED) is 0.687. The van der Waals surface area contributed by atoms with E-state index in [9.17, 15) is 0 Å². The van der Waals surface area contributed by atoms with Gasteiger partial charge in [-0.1, -0.05) is 18.7 Å². The van der Waals surface area contributed by atoms with E-state index in [0.29, 0.717) is 18.1 Å². The predicted octanol–water partition coefficient (Wildman–Crippen LogP) is 3.88. The lowest BCUT2D eigenvalue weighted by Gasteiger charge is -2.19. The van der Waals surface area contributed by atoms with Gasteiger partial charge < -0.3 is 14.2 Å². The number of ether oxygens (including phenoxy) is 3. The van der Waals surface area contributed by atoms with Crippen LogP contribution in [-0.4, -0.2) is 19.0 Å². The minimum atomic E-state index is -0.293. The van der Waals surface area contributed by atoms with Crippen molar-refractivity contribution in [2.75, 3.05) is 6.61 Å².